The normalized spacial score (nSPS) is 17.9. The van der Waals surface area contributed by atoms with Gasteiger partial charge in [-0.3, -0.25) is 4.90 Å². The largest absolute Gasteiger partial charge is 0.368 e. The minimum Gasteiger partial charge on any atom is -0.368 e. The number of piperidine rings is 1. The minimum absolute atomic E-state index is 0.525. The second kappa shape index (κ2) is 7.79. The van der Waals surface area contributed by atoms with Crippen molar-refractivity contribution in [1.82, 2.24) is 14.9 Å². The molecule has 20 heavy (non-hydrogen) atoms. The molecule has 1 atom stereocenters. The van der Waals surface area contributed by atoms with Gasteiger partial charge in [-0.05, 0) is 39.3 Å². The molecule has 112 valence electrons. The van der Waals surface area contributed by atoms with E-state index in [0.717, 1.165) is 31.0 Å². The number of anilines is 1. The van der Waals surface area contributed by atoms with Crippen molar-refractivity contribution in [1.29, 1.82) is 0 Å². The molecule has 0 aliphatic carbocycles. The number of hydrogen-bond acceptors (Lipinski definition) is 4. The zero-order valence-electron chi connectivity index (χ0n) is 12.5. The van der Waals surface area contributed by atoms with Crippen molar-refractivity contribution in [2.75, 3.05) is 25.0 Å². The van der Waals surface area contributed by atoms with Gasteiger partial charge in [-0.2, -0.15) is 0 Å². The summed E-state index contributed by atoms with van der Waals surface area (Å²) in [5, 5.41) is 3.93. The Hall–Kier alpha value is -0.870. The second-order valence-corrected chi connectivity index (χ2v) is 5.96. The van der Waals surface area contributed by atoms with Crippen LogP contribution in [0.1, 0.15) is 45.4 Å². The summed E-state index contributed by atoms with van der Waals surface area (Å²) in [6.07, 6.45) is 5.92. The first-order valence-corrected chi connectivity index (χ1v) is 8.08. The topological polar surface area (TPSA) is 41.1 Å². The van der Waals surface area contributed by atoms with Gasteiger partial charge in [0.05, 0.1) is 0 Å². The van der Waals surface area contributed by atoms with Gasteiger partial charge in [0.2, 0.25) is 0 Å². The van der Waals surface area contributed by atoms with Crippen LogP contribution < -0.4 is 5.32 Å². The Kier molecular flexibility index (Phi) is 6.05. The SMILES string of the molecule is CCCc1nc(Cl)cc(NCC(C)N2CCCCC2)n1. The Morgan fingerprint density at radius 1 is 1.30 bits per heavy atom. The quantitative estimate of drug-likeness (QED) is 0.817. The van der Waals surface area contributed by atoms with Crippen LogP contribution in [0.5, 0.6) is 0 Å². The Bertz CT molecular complexity index is 418. The van der Waals surface area contributed by atoms with Crippen molar-refractivity contribution in [2.24, 2.45) is 0 Å². The molecule has 1 unspecified atom stereocenters. The number of nitrogens with zero attached hydrogens (tertiary/aromatic N) is 3. The molecule has 2 rings (SSSR count). The van der Waals surface area contributed by atoms with Crippen molar-refractivity contribution in [3.8, 4) is 0 Å². The van der Waals surface area contributed by atoms with Crippen LogP contribution in [0.3, 0.4) is 0 Å². The molecule has 1 aromatic rings. The van der Waals surface area contributed by atoms with Crippen molar-refractivity contribution < 1.29 is 0 Å². The predicted molar refractivity (Wildman–Crippen MR) is 84.4 cm³/mol. The first-order chi connectivity index (χ1) is 9.69. The maximum Gasteiger partial charge on any atom is 0.134 e. The van der Waals surface area contributed by atoms with Crippen molar-refractivity contribution in [3.05, 3.63) is 17.0 Å². The van der Waals surface area contributed by atoms with Gasteiger partial charge in [0.25, 0.3) is 0 Å². The van der Waals surface area contributed by atoms with E-state index >= 15 is 0 Å². The van der Waals surface area contributed by atoms with E-state index < -0.39 is 0 Å². The molecule has 1 saturated heterocycles. The van der Waals surface area contributed by atoms with Crippen molar-refractivity contribution in [3.63, 3.8) is 0 Å². The van der Waals surface area contributed by atoms with E-state index in [1.165, 1.54) is 32.4 Å². The maximum absolute atomic E-state index is 6.05. The third kappa shape index (κ3) is 4.60. The fourth-order valence-electron chi connectivity index (χ4n) is 2.63. The maximum atomic E-state index is 6.05. The number of halogens is 1. The number of aromatic nitrogens is 2. The summed E-state index contributed by atoms with van der Waals surface area (Å²) in [6, 6.07) is 2.34. The van der Waals surface area contributed by atoms with Gasteiger partial charge in [0, 0.05) is 25.1 Å². The zero-order valence-corrected chi connectivity index (χ0v) is 13.3. The summed E-state index contributed by atoms with van der Waals surface area (Å²) < 4.78 is 0. The van der Waals surface area contributed by atoms with Gasteiger partial charge in [-0.1, -0.05) is 24.9 Å². The van der Waals surface area contributed by atoms with E-state index in [0.29, 0.717) is 11.2 Å². The lowest BCUT2D eigenvalue weighted by Gasteiger charge is -2.32. The Morgan fingerprint density at radius 3 is 2.75 bits per heavy atom. The molecule has 1 aliphatic heterocycles. The fourth-order valence-corrected chi connectivity index (χ4v) is 2.83. The summed E-state index contributed by atoms with van der Waals surface area (Å²) in [5.74, 6) is 1.67. The van der Waals surface area contributed by atoms with E-state index in [1.54, 1.807) is 0 Å². The Balaban J connectivity index is 1.89. The summed E-state index contributed by atoms with van der Waals surface area (Å²) >= 11 is 6.05. The molecular formula is C15H25ClN4. The van der Waals surface area contributed by atoms with Crippen LogP contribution in [0.25, 0.3) is 0 Å². The summed E-state index contributed by atoms with van der Waals surface area (Å²) in [7, 11) is 0. The molecule has 0 spiro atoms. The molecule has 1 fully saturated rings. The average molecular weight is 297 g/mol. The van der Waals surface area contributed by atoms with Crippen LogP contribution in [0.2, 0.25) is 5.15 Å². The molecule has 1 aromatic heterocycles. The van der Waals surface area contributed by atoms with Crippen LogP contribution in [0.15, 0.2) is 6.07 Å². The molecule has 0 saturated carbocycles. The number of hydrogen-bond donors (Lipinski definition) is 1. The highest BCUT2D eigenvalue weighted by molar-refractivity contribution is 6.29. The number of aryl methyl sites for hydroxylation is 1. The highest BCUT2D eigenvalue weighted by Gasteiger charge is 2.16. The fraction of sp³-hybridized carbons (Fsp3) is 0.733. The first kappa shape index (κ1) is 15.5. The van der Waals surface area contributed by atoms with Crippen LogP contribution >= 0.6 is 11.6 Å². The number of likely N-dealkylation sites (tertiary alicyclic amines) is 1. The molecule has 0 bridgehead atoms. The lowest BCUT2D eigenvalue weighted by atomic mass is 10.1. The van der Waals surface area contributed by atoms with Gasteiger partial charge in [-0.15, -0.1) is 0 Å². The standard InChI is InChI=1S/C15H25ClN4/c1-3-7-14-18-13(16)10-15(19-14)17-11-12(2)20-8-5-4-6-9-20/h10,12H,3-9,11H2,1-2H3,(H,17,18,19). The Labute approximate surface area is 126 Å². The highest BCUT2D eigenvalue weighted by atomic mass is 35.5. The van der Waals surface area contributed by atoms with E-state index in [-0.39, 0.29) is 0 Å². The second-order valence-electron chi connectivity index (χ2n) is 5.57. The minimum atomic E-state index is 0.525. The highest BCUT2D eigenvalue weighted by Crippen LogP contribution is 2.15. The predicted octanol–water partition coefficient (Wildman–Crippen LogP) is 3.37. The molecule has 0 aromatic carbocycles. The van der Waals surface area contributed by atoms with Crippen LogP contribution in [-0.4, -0.2) is 40.5 Å². The molecule has 2 heterocycles. The summed E-state index contributed by atoms with van der Waals surface area (Å²) in [5.41, 5.74) is 0. The third-order valence-corrected chi connectivity index (χ3v) is 4.00. The van der Waals surface area contributed by atoms with E-state index in [2.05, 4.69) is 34.0 Å². The van der Waals surface area contributed by atoms with Gasteiger partial charge in [0.1, 0.15) is 16.8 Å². The lowest BCUT2D eigenvalue weighted by Crippen LogP contribution is -2.41. The average Bonchev–Trinajstić information content (AvgIpc) is 2.45. The number of rotatable bonds is 6. The number of nitrogens with one attached hydrogen (secondary N) is 1. The zero-order chi connectivity index (χ0) is 14.4. The third-order valence-electron chi connectivity index (χ3n) is 3.81. The van der Waals surface area contributed by atoms with E-state index in [1.807, 2.05) is 6.07 Å². The van der Waals surface area contributed by atoms with E-state index in [4.69, 9.17) is 11.6 Å². The van der Waals surface area contributed by atoms with E-state index in [9.17, 15) is 0 Å². The van der Waals surface area contributed by atoms with Crippen molar-refractivity contribution >= 4 is 17.4 Å². The first-order valence-electron chi connectivity index (χ1n) is 7.70. The van der Waals surface area contributed by atoms with Crippen LogP contribution in [-0.2, 0) is 6.42 Å². The Morgan fingerprint density at radius 2 is 2.05 bits per heavy atom. The van der Waals surface area contributed by atoms with Gasteiger partial charge >= 0.3 is 0 Å². The smallest absolute Gasteiger partial charge is 0.134 e. The molecule has 4 nitrogen and oxygen atoms in total. The lowest BCUT2D eigenvalue weighted by molar-refractivity contribution is 0.180. The van der Waals surface area contributed by atoms with Gasteiger partial charge < -0.3 is 5.32 Å². The van der Waals surface area contributed by atoms with Gasteiger partial charge in [-0.25, -0.2) is 9.97 Å². The van der Waals surface area contributed by atoms with Crippen LogP contribution in [0, 0.1) is 0 Å². The molecular weight excluding hydrogens is 272 g/mol. The summed E-state index contributed by atoms with van der Waals surface area (Å²) in [6.45, 7) is 7.73. The molecule has 0 amide bonds. The summed E-state index contributed by atoms with van der Waals surface area (Å²) in [4.78, 5) is 11.3. The monoisotopic (exact) mass is 296 g/mol. The van der Waals surface area contributed by atoms with Crippen LogP contribution in [0.4, 0.5) is 5.82 Å². The molecule has 1 N–H and O–H groups in total. The van der Waals surface area contributed by atoms with Crippen molar-refractivity contribution in [2.45, 2.75) is 52.0 Å². The molecule has 5 heteroatoms. The van der Waals surface area contributed by atoms with Gasteiger partial charge in [0.15, 0.2) is 0 Å². The molecule has 0 radical (unpaired) electrons. The molecule has 1 aliphatic rings.